The molecule has 0 fully saturated rings. The lowest BCUT2D eigenvalue weighted by Crippen LogP contribution is -2.43. The van der Waals surface area contributed by atoms with E-state index in [-0.39, 0.29) is 23.2 Å². The van der Waals surface area contributed by atoms with E-state index in [1.54, 1.807) is 6.92 Å². The maximum absolute atomic E-state index is 13.5. The van der Waals surface area contributed by atoms with Crippen molar-refractivity contribution in [2.45, 2.75) is 38.9 Å². The summed E-state index contributed by atoms with van der Waals surface area (Å²) in [6, 6.07) is 5.25. The van der Waals surface area contributed by atoms with Crippen LogP contribution in [0.25, 0.3) is 11.3 Å². The third-order valence-corrected chi connectivity index (χ3v) is 3.82. The van der Waals surface area contributed by atoms with E-state index in [9.17, 15) is 13.2 Å². The molecule has 0 bridgehead atoms. The molecule has 0 aliphatic heterocycles. The van der Waals surface area contributed by atoms with Gasteiger partial charge in [0, 0.05) is 17.3 Å². The quantitative estimate of drug-likeness (QED) is 0.712. The second kappa shape index (κ2) is 7.80. The van der Waals surface area contributed by atoms with Gasteiger partial charge < -0.3 is 10.5 Å². The maximum Gasteiger partial charge on any atom is 0.419 e. The molecule has 2 N–H and O–H groups in total. The summed E-state index contributed by atoms with van der Waals surface area (Å²) < 4.78 is 45.9. The standard InChI is InChI=1S/C18H21ClF3N3O/c1-11(2)9-17(3,23)10-26-15-5-4-12(8-13(15)18(20,21)22)14-6-7-24-16(19)25-14/h4-8,11H,9-10,23H2,1-3H3. The molecule has 2 aromatic rings. The first-order valence-electron chi connectivity index (χ1n) is 8.10. The van der Waals surface area contributed by atoms with Crippen LogP contribution in [-0.4, -0.2) is 22.1 Å². The lowest BCUT2D eigenvalue weighted by atomic mass is 9.93. The molecule has 0 spiro atoms. The second-order valence-corrected chi connectivity index (χ2v) is 7.30. The van der Waals surface area contributed by atoms with Crippen molar-refractivity contribution >= 4 is 11.6 Å². The van der Waals surface area contributed by atoms with Crippen LogP contribution in [0.15, 0.2) is 30.5 Å². The van der Waals surface area contributed by atoms with E-state index >= 15 is 0 Å². The first-order chi connectivity index (χ1) is 12.0. The summed E-state index contributed by atoms with van der Waals surface area (Å²) in [6.07, 6.45) is -2.56. The lowest BCUT2D eigenvalue weighted by molar-refractivity contribution is -0.139. The summed E-state index contributed by atoms with van der Waals surface area (Å²) in [4.78, 5) is 7.67. The SMILES string of the molecule is CC(C)CC(C)(N)COc1ccc(-c2ccnc(Cl)n2)cc1C(F)(F)F. The Bertz CT molecular complexity index is 764. The van der Waals surface area contributed by atoms with Crippen LogP contribution in [0.2, 0.25) is 5.28 Å². The molecule has 1 heterocycles. The van der Waals surface area contributed by atoms with Crippen LogP contribution < -0.4 is 10.5 Å². The largest absolute Gasteiger partial charge is 0.491 e. The second-order valence-electron chi connectivity index (χ2n) is 6.96. The van der Waals surface area contributed by atoms with Gasteiger partial charge in [0.15, 0.2) is 0 Å². The number of nitrogens with two attached hydrogens (primary N) is 1. The molecule has 2 rings (SSSR count). The predicted molar refractivity (Wildman–Crippen MR) is 95.0 cm³/mol. The molecule has 0 radical (unpaired) electrons. The average Bonchev–Trinajstić information content (AvgIpc) is 2.51. The number of alkyl halides is 3. The Labute approximate surface area is 155 Å². The minimum atomic E-state index is -4.58. The number of nitrogens with zero attached hydrogens (tertiary/aromatic N) is 2. The van der Waals surface area contributed by atoms with Gasteiger partial charge in [0.1, 0.15) is 12.4 Å². The summed E-state index contributed by atoms with van der Waals surface area (Å²) in [5.41, 5.74) is 5.08. The normalized spacial score (nSPS) is 14.3. The van der Waals surface area contributed by atoms with Gasteiger partial charge >= 0.3 is 6.18 Å². The summed E-state index contributed by atoms with van der Waals surface area (Å²) in [6.45, 7) is 5.73. The fourth-order valence-electron chi connectivity index (χ4n) is 2.77. The van der Waals surface area contributed by atoms with Gasteiger partial charge in [0.05, 0.1) is 11.3 Å². The van der Waals surface area contributed by atoms with Crippen molar-refractivity contribution in [3.05, 3.63) is 41.3 Å². The Hall–Kier alpha value is -1.86. The molecule has 26 heavy (non-hydrogen) atoms. The highest BCUT2D eigenvalue weighted by atomic mass is 35.5. The molecule has 8 heteroatoms. The Morgan fingerprint density at radius 3 is 2.50 bits per heavy atom. The zero-order chi connectivity index (χ0) is 19.5. The van der Waals surface area contributed by atoms with Crippen LogP contribution in [0.1, 0.15) is 32.8 Å². The topological polar surface area (TPSA) is 61.0 Å². The number of hydrogen-bond acceptors (Lipinski definition) is 4. The minimum absolute atomic E-state index is 0.0209. The molecule has 1 aromatic heterocycles. The molecule has 4 nitrogen and oxygen atoms in total. The van der Waals surface area contributed by atoms with Crippen molar-refractivity contribution < 1.29 is 17.9 Å². The summed E-state index contributed by atoms with van der Waals surface area (Å²) in [5.74, 6) is 0.0439. The van der Waals surface area contributed by atoms with Crippen LogP contribution >= 0.6 is 11.6 Å². The first kappa shape index (κ1) is 20.5. The van der Waals surface area contributed by atoms with E-state index in [1.165, 1.54) is 24.4 Å². The number of hydrogen-bond donors (Lipinski definition) is 1. The van der Waals surface area contributed by atoms with Crippen molar-refractivity contribution in [1.29, 1.82) is 0 Å². The molecule has 1 atom stereocenters. The third-order valence-electron chi connectivity index (χ3n) is 3.64. The van der Waals surface area contributed by atoms with Gasteiger partial charge in [-0.1, -0.05) is 13.8 Å². The number of benzene rings is 1. The number of halogens is 4. The van der Waals surface area contributed by atoms with E-state index in [0.29, 0.717) is 18.0 Å². The van der Waals surface area contributed by atoms with Gasteiger partial charge in [-0.15, -0.1) is 0 Å². The Morgan fingerprint density at radius 1 is 1.23 bits per heavy atom. The minimum Gasteiger partial charge on any atom is -0.491 e. The third kappa shape index (κ3) is 5.57. The van der Waals surface area contributed by atoms with E-state index in [4.69, 9.17) is 22.1 Å². The van der Waals surface area contributed by atoms with Gasteiger partial charge in [0.25, 0.3) is 0 Å². The molecule has 0 aliphatic carbocycles. The summed E-state index contributed by atoms with van der Waals surface area (Å²) in [5, 5.41) is -0.0380. The Morgan fingerprint density at radius 2 is 1.92 bits per heavy atom. The number of aromatic nitrogens is 2. The fraction of sp³-hybridized carbons (Fsp3) is 0.444. The molecule has 0 saturated heterocycles. The van der Waals surface area contributed by atoms with E-state index in [2.05, 4.69) is 9.97 Å². The molecule has 0 amide bonds. The van der Waals surface area contributed by atoms with Crippen LogP contribution in [0.5, 0.6) is 5.75 Å². The predicted octanol–water partition coefficient (Wildman–Crippen LogP) is 4.96. The van der Waals surface area contributed by atoms with Gasteiger partial charge in [-0.05, 0) is 55.1 Å². The molecular formula is C18H21ClF3N3O. The van der Waals surface area contributed by atoms with Gasteiger partial charge in [-0.2, -0.15) is 13.2 Å². The van der Waals surface area contributed by atoms with Crippen LogP contribution in [0.4, 0.5) is 13.2 Å². The zero-order valence-electron chi connectivity index (χ0n) is 14.8. The number of rotatable bonds is 6. The zero-order valence-corrected chi connectivity index (χ0v) is 15.5. The highest BCUT2D eigenvalue weighted by molar-refractivity contribution is 6.28. The Balaban J connectivity index is 2.32. The van der Waals surface area contributed by atoms with Gasteiger partial charge in [-0.3, -0.25) is 0 Å². The molecule has 142 valence electrons. The van der Waals surface area contributed by atoms with Crippen LogP contribution in [0.3, 0.4) is 0 Å². The molecular weight excluding hydrogens is 367 g/mol. The highest BCUT2D eigenvalue weighted by Gasteiger charge is 2.35. The fourth-order valence-corrected chi connectivity index (χ4v) is 2.91. The van der Waals surface area contributed by atoms with Crippen LogP contribution in [-0.2, 0) is 6.18 Å². The van der Waals surface area contributed by atoms with Crippen molar-refractivity contribution in [1.82, 2.24) is 9.97 Å². The van der Waals surface area contributed by atoms with Crippen molar-refractivity contribution in [2.24, 2.45) is 11.7 Å². The maximum atomic E-state index is 13.5. The van der Waals surface area contributed by atoms with E-state index in [0.717, 1.165) is 6.07 Å². The number of ether oxygens (including phenoxy) is 1. The van der Waals surface area contributed by atoms with E-state index < -0.39 is 17.3 Å². The van der Waals surface area contributed by atoms with E-state index in [1.807, 2.05) is 13.8 Å². The van der Waals surface area contributed by atoms with Gasteiger partial charge in [0.2, 0.25) is 5.28 Å². The van der Waals surface area contributed by atoms with Crippen LogP contribution in [0, 0.1) is 5.92 Å². The summed E-state index contributed by atoms with van der Waals surface area (Å²) in [7, 11) is 0. The molecule has 0 aliphatic rings. The molecule has 1 unspecified atom stereocenters. The Kier molecular flexibility index (Phi) is 6.13. The van der Waals surface area contributed by atoms with Crippen molar-refractivity contribution in [2.75, 3.05) is 6.61 Å². The first-order valence-corrected chi connectivity index (χ1v) is 8.47. The molecule has 0 saturated carbocycles. The van der Waals surface area contributed by atoms with Crippen molar-refractivity contribution in [3.63, 3.8) is 0 Å². The monoisotopic (exact) mass is 387 g/mol. The lowest BCUT2D eigenvalue weighted by Gasteiger charge is -2.27. The molecule has 1 aromatic carbocycles. The van der Waals surface area contributed by atoms with Gasteiger partial charge in [-0.25, -0.2) is 9.97 Å². The summed E-state index contributed by atoms with van der Waals surface area (Å²) >= 11 is 5.71. The van der Waals surface area contributed by atoms with Crippen molar-refractivity contribution in [3.8, 4) is 17.0 Å². The highest BCUT2D eigenvalue weighted by Crippen LogP contribution is 2.39. The average molecular weight is 388 g/mol. The smallest absolute Gasteiger partial charge is 0.419 e.